The molecule has 1 aliphatic carbocycles. The van der Waals surface area contributed by atoms with Crippen LogP contribution in [0.3, 0.4) is 0 Å². The van der Waals surface area contributed by atoms with E-state index in [1.807, 2.05) is 6.07 Å². The third kappa shape index (κ3) is 3.22. The van der Waals surface area contributed by atoms with Gasteiger partial charge in [0.1, 0.15) is 5.75 Å². The Labute approximate surface area is 104 Å². The Morgan fingerprint density at radius 1 is 1.41 bits per heavy atom. The summed E-state index contributed by atoms with van der Waals surface area (Å²) in [5, 5.41) is 13.1. The Balaban J connectivity index is 2.02. The predicted molar refractivity (Wildman–Crippen MR) is 71.2 cm³/mol. The van der Waals surface area contributed by atoms with Crippen molar-refractivity contribution < 1.29 is 5.11 Å². The van der Waals surface area contributed by atoms with Crippen LogP contribution in [0.5, 0.6) is 5.75 Å². The van der Waals surface area contributed by atoms with Gasteiger partial charge in [-0.3, -0.25) is 0 Å². The zero-order valence-electron chi connectivity index (χ0n) is 10.9. The fraction of sp³-hybridized carbons (Fsp3) is 0.600. The highest BCUT2D eigenvalue weighted by Crippen LogP contribution is 2.31. The molecule has 94 valence electrons. The Hall–Kier alpha value is -1.02. The van der Waals surface area contributed by atoms with E-state index in [-0.39, 0.29) is 0 Å². The molecule has 2 heteroatoms. The Morgan fingerprint density at radius 3 is 3.00 bits per heavy atom. The molecule has 1 atom stereocenters. The topological polar surface area (TPSA) is 32.3 Å². The summed E-state index contributed by atoms with van der Waals surface area (Å²) in [6, 6.07) is 6.29. The van der Waals surface area contributed by atoms with E-state index in [0.29, 0.717) is 11.8 Å². The van der Waals surface area contributed by atoms with Crippen LogP contribution in [0.4, 0.5) is 0 Å². The minimum atomic E-state index is 0.395. The standard InChI is InChI=1S/C15H23NO/c1-11(2)8-9-16-15-5-3-4-12-10-13(17)6-7-14(12)15/h6-7,10-11,15-17H,3-5,8-9H2,1-2H3. The first-order valence-corrected chi connectivity index (χ1v) is 6.72. The SMILES string of the molecule is CC(C)CCNC1CCCc2cc(O)ccc21. The number of aryl methyl sites for hydroxylation is 1. The molecular weight excluding hydrogens is 210 g/mol. The molecule has 17 heavy (non-hydrogen) atoms. The highest BCUT2D eigenvalue weighted by molar-refractivity contribution is 5.38. The monoisotopic (exact) mass is 233 g/mol. The van der Waals surface area contributed by atoms with Crippen molar-refractivity contribution in [2.75, 3.05) is 6.54 Å². The van der Waals surface area contributed by atoms with Gasteiger partial charge in [0.15, 0.2) is 0 Å². The first kappa shape index (κ1) is 12.4. The highest BCUT2D eigenvalue weighted by Gasteiger charge is 2.19. The fourth-order valence-electron chi connectivity index (χ4n) is 2.56. The number of nitrogens with one attached hydrogen (secondary N) is 1. The van der Waals surface area contributed by atoms with Gasteiger partial charge >= 0.3 is 0 Å². The van der Waals surface area contributed by atoms with Crippen LogP contribution in [0.2, 0.25) is 0 Å². The molecule has 1 aromatic carbocycles. The number of benzene rings is 1. The van der Waals surface area contributed by atoms with Crippen molar-refractivity contribution in [3.8, 4) is 5.75 Å². The number of hydrogen-bond acceptors (Lipinski definition) is 2. The third-order valence-electron chi connectivity index (χ3n) is 3.55. The molecule has 1 unspecified atom stereocenters. The second-order valence-electron chi connectivity index (χ2n) is 5.46. The quantitative estimate of drug-likeness (QED) is 0.835. The van der Waals surface area contributed by atoms with E-state index < -0.39 is 0 Å². The maximum atomic E-state index is 9.50. The van der Waals surface area contributed by atoms with Crippen molar-refractivity contribution in [3.63, 3.8) is 0 Å². The van der Waals surface area contributed by atoms with Crippen LogP contribution in [0.25, 0.3) is 0 Å². The van der Waals surface area contributed by atoms with Crippen LogP contribution in [0, 0.1) is 5.92 Å². The molecule has 0 aliphatic heterocycles. The largest absolute Gasteiger partial charge is 0.508 e. The van der Waals surface area contributed by atoms with Gasteiger partial charge in [0, 0.05) is 6.04 Å². The van der Waals surface area contributed by atoms with Crippen molar-refractivity contribution in [2.24, 2.45) is 5.92 Å². The Morgan fingerprint density at radius 2 is 2.24 bits per heavy atom. The van der Waals surface area contributed by atoms with E-state index in [9.17, 15) is 5.11 Å². The van der Waals surface area contributed by atoms with Gasteiger partial charge in [0.25, 0.3) is 0 Å². The van der Waals surface area contributed by atoms with E-state index in [0.717, 1.165) is 18.9 Å². The van der Waals surface area contributed by atoms with Gasteiger partial charge in [-0.25, -0.2) is 0 Å². The molecule has 2 rings (SSSR count). The molecule has 1 aliphatic rings. The van der Waals surface area contributed by atoms with Crippen LogP contribution in [0.15, 0.2) is 18.2 Å². The van der Waals surface area contributed by atoms with Crippen molar-refractivity contribution in [1.29, 1.82) is 0 Å². The molecule has 0 saturated heterocycles. The molecule has 0 bridgehead atoms. The maximum Gasteiger partial charge on any atom is 0.115 e. The van der Waals surface area contributed by atoms with Gasteiger partial charge in [0.2, 0.25) is 0 Å². The minimum absolute atomic E-state index is 0.395. The molecule has 0 fully saturated rings. The van der Waals surface area contributed by atoms with Gasteiger partial charge < -0.3 is 10.4 Å². The van der Waals surface area contributed by atoms with Crippen molar-refractivity contribution in [1.82, 2.24) is 5.32 Å². The molecule has 0 amide bonds. The third-order valence-corrected chi connectivity index (χ3v) is 3.55. The first-order chi connectivity index (χ1) is 8.16. The van der Waals surface area contributed by atoms with Crippen molar-refractivity contribution in [3.05, 3.63) is 29.3 Å². The molecule has 0 aromatic heterocycles. The highest BCUT2D eigenvalue weighted by atomic mass is 16.3. The lowest BCUT2D eigenvalue weighted by Gasteiger charge is -2.27. The van der Waals surface area contributed by atoms with Gasteiger partial charge in [-0.1, -0.05) is 19.9 Å². The maximum absolute atomic E-state index is 9.50. The number of fused-ring (bicyclic) bond motifs is 1. The number of aromatic hydroxyl groups is 1. The normalized spacial score (nSPS) is 19.4. The van der Waals surface area contributed by atoms with Gasteiger partial charge in [-0.15, -0.1) is 0 Å². The van der Waals surface area contributed by atoms with Crippen LogP contribution in [-0.4, -0.2) is 11.7 Å². The summed E-state index contributed by atoms with van der Waals surface area (Å²) in [7, 11) is 0. The zero-order valence-corrected chi connectivity index (χ0v) is 10.9. The van der Waals surface area contributed by atoms with Crippen LogP contribution < -0.4 is 5.32 Å². The number of hydrogen-bond donors (Lipinski definition) is 2. The average molecular weight is 233 g/mol. The number of phenols is 1. The summed E-state index contributed by atoms with van der Waals surface area (Å²) >= 11 is 0. The van der Waals surface area contributed by atoms with E-state index in [1.54, 1.807) is 6.07 Å². The molecule has 0 radical (unpaired) electrons. The van der Waals surface area contributed by atoms with Crippen molar-refractivity contribution >= 4 is 0 Å². The van der Waals surface area contributed by atoms with Crippen LogP contribution in [-0.2, 0) is 6.42 Å². The Bertz CT molecular complexity index is 373. The second kappa shape index (κ2) is 5.54. The van der Waals surface area contributed by atoms with Crippen LogP contribution in [0.1, 0.15) is 50.3 Å². The van der Waals surface area contributed by atoms with Gasteiger partial charge in [0.05, 0.1) is 0 Å². The minimum Gasteiger partial charge on any atom is -0.508 e. The van der Waals surface area contributed by atoms with Gasteiger partial charge in [-0.05, 0) is 61.4 Å². The van der Waals surface area contributed by atoms with E-state index in [2.05, 4.69) is 25.2 Å². The lowest BCUT2D eigenvalue weighted by molar-refractivity contribution is 0.430. The van der Waals surface area contributed by atoms with Crippen molar-refractivity contribution in [2.45, 2.75) is 45.6 Å². The molecule has 0 saturated carbocycles. The van der Waals surface area contributed by atoms with E-state index in [4.69, 9.17) is 0 Å². The molecule has 2 N–H and O–H groups in total. The summed E-state index contributed by atoms with van der Waals surface area (Å²) in [6.45, 7) is 5.60. The molecule has 0 spiro atoms. The summed E-state index contributed by atoms with van der Waals surface area (Å²) in [5.41, 5.74) is 2.70. The Kier molecular flexibility index (Phi) is 4.06. The fourth-order valence-corrected chi connectivity index (χ4v) is 2.56. The summed E-state index contributed by atoms with van der Waals surface area (Å²) in [5.74, 6) is 1.15. The van der Waals surface area contributed by atoms with E-state index in [1.165, 1.54) is 30.4 Å². The second-order valence-corrected chi connectivity index (χ2v) is 5.46. The predicted octanol–water partition coefficient (Wildman–Crippen LogP) is 3.41. The average Bonchev–Trinajstić information content (AvgIpc) is 2.28. The van der Waals surface area contributed by atoms with Crippen LogP contribution >= 0.6 is 0 Å². The smallest absolute Gasteiger partial charge is 0.115 e. The molecule has 1 aromatic rings. The summed E-state index contributed by atoms with van der Waals surface area (Å²) in [4.78, 5) is 0. The lowest BCUT2D eigenvalue weighted by atomic mass is 9.87. The van der Waals surface area contributed by atoms with E-state index >= 15 is 0 Å². The summed E-state index contributed by atoms with van der Waals surface area (Å²) < 4.78 is 0. The summed E-state index contributed by atoms with van der Waals surface area (Å²) in [6.07, 6.45) is 4.77. The van der Waals surface area contributed by atoms with Gasteiger partial charge in [-0.2, -0.15) is 0 Å². The lowest BCUT2D eigenvalue weighted by Crippen LogP contribution is -2.26. The molecule has 0 heterocycles. The first-order valence-electron chi connectivity index (χ1n) is 6.72. The number of phenolic OH excluding ortho intramolecular Hbond substituents is 1. The number of rotatable bonds is 4. The zero-order chi connectivity index (χ0) is 12.3. The molecule has 2 nitrogen and oxygen atoms in total. The molecular formula is C15H23NO.